The summed E-state index contributed by atoms with van der Waals surface area (Å²) >= 11 is 1.39. The predicted molar refractivity (Wildman–Crippen MR) is 139 cm³/mol. The molecule has 0 radical (unpaired) electrons. The van der Waals surface area contributed by atoms with Gasteiger partial charge in [-0.05, 0) is 57.5 Å². The van der Waals surface area contributed by atoms with Crippen LogP contribution >= 0.6 is 11.3 Å². The molecule has 4 aromatic rings. The Hall–Kier alpha value is -3.79. The SMILES string of the molecule is Cc1cc(CNC(=O)c2csc(CCN(Cc3nc4ccccc4[nH]3)C(=O)OC(C)(C)C)n2)ccn1. The van der Waals surface area contributed by atoms with Gasteiger partial charge in [-0.3, -0.25) is 9.78 Å². The van der Waals surface area contributed by atoms with Crippen LogP contribution in [0.5, 0.6) is 0 Å². The first kappa shape index (κ1) is 25.3. The smallest absolute Gasteiger partial charge is 0.410 e. The summed E-state index contributed by atoms with van der Waals surface area (Å²) < 4.78 is 5.62. The first-order valence-corrected chi connectivity index (χ1v) is 12.6. The molecule has 0 fully saturated rings. The van der Waals surface area contributed by atoms with Crippen LogP contribution in [0.3, 0.4) is 0 Å². The van der Waals surface area contributed by atoms with E-state index in [9.17, 15) is 9.59 Å². The summed E-state index contributed by atoms with van der Waals surface area (Å²) in [5.41, 5.74) is 3.37. The number of ether oxygens (including phenoxy) is 1. The number of aromatic amines is 1. The van der Waals surface area contributed by atoms with Crippen LogP contribution in [0.25, 0.3) is 11.0 Å². The maximum absolute atomic E-state index is 12.9. The number of carbonyl (C=O) groups is 2. The number of fused-ring (bicyclic) bond motifs is 1. The van der Waals surface area contributed by atoms with Gasteiger partial charge in [0, 0.05) is 36.8 Å². The highest BCUT2D eigenvalue weighted by Gasteiger charge is 2.24. The number of nitrogens with zero attached hydrogens (tertiary/aromatic N) is 4. The van der Waals surface area contributed by atoms with E-state index in [0.717, 1.165) is 27.3 Å². The Morgan fingerprint density at radius 2 is 1.97 bits per heavy atom. The highest BCUT2D eigenvalue weighted by atomic mass is 32.1. The number of aryl methyl sites for hydroxylation is 1. The topological polar surface area (TPSA) is 113 Å². The van der Waals surface area contributed by atoms with Crippen molar-refractivity contribution < 1.29 is 14.3 Å². The molecule has 36 heavy (non-hydrogen) atoms. The molecule has 0 unspecified atom stereocenters. The summed E-state index contributed by atoms with van der Waals surface area (Å²) in [5.74, 6) is 0.436. The zero-order chi connectivity index (χ0) is 25.7. The monoisotopic (exact) mass is 506 g/mol. The van der Waals surface area contributed by atoms with Crippen molar-refractivity contribution in [2.75, 3.05) is 6.54 Å². The molecule has 3 aromatic heterocycles. The number of rotatable bonds is 8. The van der Waals surface area contributed by atoms with Crippen LogP contribution in [-0.2, 0) is 24.2 Å². The minimum absolute atomic E-state index is 0.238. The number of hydrogen-bond donors (Lipinski definition) is 2. The summed E-state index contributed by atoms with van der Waals surface area (Å²) in [5, 5.41) is 5.39. The highest BCUT2D eigenvalue weighted by molar-refractivity contribution is 7.09. The Morgan fingerprint density at radius 1 is 1.17 bits per heavy atom. The van der Waals surface area contributed by atoms with Crippen molar-refractivity contribution in [3.63, 3.8) is 0 Å². The molecule has 2 amide bonds. The molecule has 0 saturated carbocycles. The number of nitrogens with one attached hydrogen (secondary N) is 2. The van der Waals surface area contributed by atoms with Gasteiger partial charge in [0.1, 0.15) is 17.1 Å². The number of imidazole rings is 1. The first-order chi connectivity index (χ1) is 17.2. The largest absolute Gasteiger partial charge is 0.444 e. The number of thiazole rings is 1. The van der Waals surface area contributed by atoms with E-state index in [0.29, 0.717) is 31.0 Å². The second kappa shape index (κ2) is 10.9. The molecule has 0 aliphatic heterocycles. The van der Waals surface area contributed by atoms with E-state index < -0.39 is 11.7 Å². The standard InChI is InChI=1S/C26H30N6O3S/c1-17-13-18(9-11-27-17)14-28-24(33)21-16-36-23(31-21)10-12-32(25(34)35-26(2,3)4)15-22-29-19-7-5-6-8-20(19)30-22/h5-9,11,13,16H,10,12,14-15H2,1-4H3,(H,28,33)(H,29,30). The summed E-state index contributed by atoms with van der Waals surface area (Å²) in [6, 6.07) is 11.5. The van der Waals surface area contributed by atoms with Gasteiger partial charge >= 0.3 is 6.09 Å². The average Bonchev–Trinajstić information content (AvgIpc) is 3.45. The Balaban J connectivity index is 1.39. The van der Waals surface area contributed by atoms with Crippen molar-refractivity contribution in [3.05, 3.63) is 75.8 Å². The minimum Gasteiger partial charge on any atom is -0.444 e. The van der Waals surface area contributed by atoms with Crippen LogP contribution in [0, 0.1) is 6.92 Å². The maximum atomic E-state index is 12.9. The highest BCUT2D eigenvalue weighted by Crippen LogP contribution is 2.17. The number of hydrogen-bond acceptors (Lipinski definition) is 7. The number of carbonyl (C=O) groups excluding carboxylic acids is 2. The Morgan fingerprint density at radius 3 is 2.72 bits per heavy atom. The first-order valence-electron chi connectivity index (χ1n) is 11.7. The summed E-state index contributed by atoms with van der Waals surface area (Å²) in [6.45, 7) is 8.46. The number of pyridine rings is 1. The molecule has 0 bridgehead atoms. The van der Waals surface area contributed by atoms with E-state index in [4.69, 9.17) is 4.74 Å². The molecule has 0 atom stereocenters. The summed E-state index contributed by atoms with van der Waals surface area (Å²) in [6.07, 6.45) is 1.78. The maximum Gasteiger partial charge on any atom is 0.410 e. The van der Waals surface area contributed by atoms with E-state index in [1.54, 1.807) is 16.5 Å². The quantitative estimate of drug-likeness (QED) is 0.360. The van der Waals surface area contributed by atoms with Crippen molar-refractivity contribution in [3.8, 4) is 0 Å². The van der Waals surface area contributed by atoms with Gasteiger partial charge in [0.2, 0.25) is 0 Å². The second-order valence-electron chi connectivity index (χ2n) is 9.47. The lowest BCUT2D eigenvalue weighted by molar-refractivity contribution is 0.0231. The molecule has 188 valence electrons. The molecule has 9 nitrogen and oxygen atoms in total. The van der Waals surface area contributed by atoms with Crippen LogP contribution in [0.4, 0.5) is 4.79 Å². The van der Waals surface area contributed by atoms with E-state index in [-0.39, 0.29) is 12.5 Å². The molecule has 1 aromatic carbocycles. The van der Waals surface area contributed by atoms with Crippen molar-refractivity contribution in [2.24, 2.45) is 0 Å². The van der Waals surface area contributed by atoms with Crippen molar-refractivity contribution in [1.29, 1.82) is 0 Å². The number of para-hydroxylation sites is 2. The third kappa shape index (κ3) is 6.88. The average molecular weight is 507 g/mol. The van der Waals surface area contributed by atoms with Crippen LogP contribution in [-0.4, -0.2) is 49.0 Å². The Kier molecular flexibility index (Phi) is 7.64. The molecule has 10 heteroatoms. The molecule has 2 N–H and O–H groups in total. The van der Waals surface area contributed by atoms with Gasteiger partial charge in [0.05, 0.1) is 22.6 Å². The van der Waals surface area contributed by atoms with Gasteiger partial charge in [-0.25, -0.2) is 14.8 Å². The van der Waals surface area contributed by atoms with Crippen molar-refractivity contribution in [2.45, 2.75) is 52.8 Å². The molecule has 0 saturated heterocycles. The zero-order valence-electron chi connectivity index (χ0n) is 20.9. The number of H-pyrrole nitrogens is 1. The van der Waals surface area contributed by atoms with E-state index >= 15 is 0 Å². The Labute approximate surface area is 213 Å². The van der Waals surface area contributed by atoms with Crippen molar-refractivity contribution in [1.82, 2.24) is 30.2 Å². The zero-order valence-corrected chi connectivity index (χ0v) is 21.7. The fourth-order valence-corrected chi connectivity index (χ4v) is 4.34. The predicted octanol–water partition coefficient (Wildman–Crippen LogP) is 4.63. The van der Waals surface area contributed by atoms with Gasteiger partial charge in [-0.2, -0.15) is 0 Å². The van der Waals surface area contributed by atoms with E-state index in [1.165, 1.54) is 11.3 Å². The van der Waals surface area contributed by atoms with Crippen LogP contribution < -0.4 is 5.32 Å². The van der Waals surface area contributed by atoms with E-state index in [2.05, 4.69) is 25.3 Å². The molecular formula is C26H30N6O3S. The van der Waals surface area contributed by atoms with Gasteiger partial charge in [0.25, 0.3) is 5.91 Å². The van der Waals surface area contributed by atoms with E-state index in [1.807, 2.05) is 64.1 Å². The van der Waals surface area contributed by atoms with Crippen LogP contribution in [0.1, 0.15) is 53.3 Å². The second-order valence-corrected chi connectivity index (χ2v) is 10.4. The van der Waals surface area contributed by atoms with Crippen LogP contribution in [0.2, 0.25) is 0 Å². The normalized spacial score (nSPS) is 11.4. The fraction of sp³-hybridized carbons (Fsp3) is 0.346. The van der Waals surface area contributed by atoms with Crippen molar-refractivity contribution >= 4 is 34.4 Å². The molecular weight excluding hydrogens is 476 g/mol. The van der Waals surface area contributed by atoms with Gasteiger partial charge in [0.15, 0.2) is 0 Å². The minimum atomic E-state index is -0.622. The third-order valence-electron chi connectivity index (χ3n) is 5.22. The number of amides is 2. The molecule has 4 rings (SSSR count). The Bertz CT molecular complexity index is 1320. The lowest BCUT2D eigenvalue weighted by atomic mass is 10.2. The lowest BCUT2D eigenvalue weighted by Gasteiger charge is -2.26. The molecule has 0 aliphatic carbocycles. The third-order valence-corrected chi connectivity index (χ3v) is 6.13. The molecule has 0 aliphatic rings. The molecule has 3 heterocycles. The number of benzene rings is 1. The number of aromatic nitrogens is 4. The molecule has 0 spiro atoms. The summed E-state index contributed by atoms with van der Waals surface area (Å²) in [7, 11) is 0. The lowest BCUT2D eigenvalue weighted by Crippen LogP contribution is -2.37. The van der Waals surface area contributed by atoms with Gasteiger partial charge in [-0.15, -0.1) is 11.3 Å². The fourth-order valence-electron chi connectivity index (χ4n) is 3.57. The van der Waals surface area contributed by atoms with Gasteiger partial charge < -0.3 is 19.9 Å². The summed E-state index contributed by atoms with van der Waals surface area (Å²) in [4.78, 5) is 43.6. The van der Waals surface area contributed by atoms with Gasteiger partial charge in [-0.1, -0.05) is 12.1 Å². The van der Waals surface area contributed by atoms with Crippen LogP contribution in [0.15, 0.2) is 48.0 Å².